The molecule has 0 bridgehead atoms. The number of methoxy groups -OCH3 is 1. The molecule has 4 rings (SSSR count). The molecule has 2 aliphatic rings. The first-order chi connectivity index (χ1) is 11.7. The number of rotatable bonds is 4. The van der Waals surface area contributed by atoms with Gasteiger partial charge in [-0.05, 0) is 12.8 Å². The Morgan fingerprint density at radius 3 is 2.72 bits per heavy atom. The Bertz CT molecular complexity index is 931. The van der Waals surface area contributed by atoms with Crippen molar-refractivity contribution in [2.75, 3.05) is 32.1 Å². The summed E-state index contributed by atoms with van der Waals surface area (Å²) in [5.41, 5.74) is 0.859. The van der Waals surface area contributed by atoms with E-state index < -0.39 is 10.2 Å². The van der Waals surface area contributed by atoms with Crippen LogP contribution in [0.5, 0.6) is 5.75 Å². The Hall–Kier alpha value is -1.62. The van der Waals surface area contributed by atoms with Gasteiger partial charge in [0.15, 0.2) is 17.1 Å². The van der Waals surface area contributed by atoms with Crippen LogP contribution in [0.25, 0.3) is 5.52 Å². The van der Waals surface area contributed by atoms with Gasteiger partial charge < -0.3 is 9.64 Å². The summed E-state index contributed by atoms with van der Waals surface area (Å²) < 4.78 is 31.2. The maximum Gasteiger partial charge on any atom is 0.276 e. The average molecular weight is 387 g/mol. The van der Waals surface area contributed by atoms with Crippen molar-refractivity contribution in [3.63, 3.8) is 0 Å². The van der Waals surface area contributed by atoms with Crippen LogP contribution in [0.4, 0.5) is 5.82 Å². The van der Waals surface area contributed by atoms with E-state index in [1.807, 2.05) is 0 Å². The highest BCUT2D eigenvalue weighted by Gasteiger charge is 2.55. The van der Waals surface area contributed by atoms with Crippen LogP contribution in [-0.4, -0.2) is 60.6 Å². The first kappa shape index (κ1) is 16.8. The largest absolute Gasteiger partial charge is 0.493 e. The minimum Gasteiger partial charge on any atom is -0.493 e. The van der Waals surface area contributed by atoms with E-state index in [1.165, 1.54) is 17.7 Å². The Morgan fingerprint density at radius 2 is 2.12 bits per heavy atom. The Kier molecular flexibility index (Phi) is 3.66. The van der Waals surface area contributed by atoms with Gasteiger partial charge >= 0.3 is 0 Å². The minimum absolute atomic E-state index is 0.0279. The minimum atomic E-state index is -3.63. The van der Waals surface area contributed by atoms with Gasteiger partial charge in [0.2, 0.25) is 0 Å². The fourth-order valence-electron chi connectivity index (χ4n) is 3.94. The summed E-state index contributed by atoms with van der Waals surface area (Å²) in [6, 6.07) is -0.0279. The predicted octanol–water partition coefficient (Wildman–Crippen LogP) is 0.495. The maximum atomic E-state index is 11.4. The summed E-state index contributed by atoms with van der Waals surface area (Å²) in [6.07, 6.45) is 4.78. The lowest BCUT2D eigenvalue weighted by molar-refractivity contribution is 0.0207. The molecule has 1 spiro atoms. The van der Waals surface area contributed by atoms with E-state index in [0.717, 1.165) is 37.3 Å². The molecule has 0 atom stereocenters. The summed E-state index contributed by atoms with van der Waals surface area (Å²) in [5.74, 6) is 1.33. The number of anilines is 1. The number of aromatic nitrogens is 3. The Morgan fingerprint density at radius 1 is 1.44 bits per heavy atom. The SMILES string of the molecule is COc1c(Cl)cn2ncnc(N3CC4(CC(N(C)S(N)(=O)=O)C4)C3)c12. The van der Waals surface area contributed by atoms with Crippen molar-refractivity contribution >= 4 is 33.1 Å². The van der Waals surface area contributed by atoms with E-state index in [4.69, 9.17) is 21.5 Å². The van der Waals surface area contributed by atoms with Crippen LogP contribution < -0.4 is 14.8 Å². The highest BCUT2D eigenvalue weighted by Crippen LogP contribution is 2.52. The van der Waals surface area contributed by atoms with Crippen molar-refractivity contribution in [1.82, 2.24) is 18.9 Å². The molecule has 0 unspecified atom stereocenters. The second kappa shape index (κ2) is 5.44. The topological polar surface area (TPSA) is 106 Å². The summed E-state index contributed by atoms with van der Waals surface area (Å²) in [4.78, 5) is 6.54. The van der Waals surface area contributed by atoms with E-state index in [1.54, 1.807) is 17.8 Å². The number of nitrogens with zero attached hydrogens (tertiary/aromatic N) is 5. The molecule has 2 fully saturated rings. The summed E-state index contributed by atoms with van der Waals surface area (Å²) in [7, 11) is -0.536. The lowest BCUT2D eigenvalue weighted by Crippen LogP contribution is -2.67. The van der Waals surface area contributed by atoms with Gasteiger partial charge in [-0.1, -0.05) is 11.6 Å². The third-order valence-corrected chi connectivity index (χ3v) is 6.64. The monoisotopic (exact) mass is 386 g/mol. The second-order valence-electron chi connectivity index (χ2n) is 6.87. The van der Waals surface area contributed by atoms with Gasteiger partial charge in [-0.3, -0.25) is 0 Å². The molecule has 2 aromatic heterocycles. The number of fused-ring (bicyclic) bond motifs is 1. The van der Waals surface area contributed by atoms with Crippen molar-refractivity contribution in [3.05, 3.63) is 17.5 Å². The molecule has 1 saturated heterocycles. The van der Waals surface area contributed by atoms with Crippen molar-refractivity contribution in [2.45, 2.75) is 18.9 Å². The van der Waals surface area contributed by atoms with E-state index in [-0.39, 0.29) is 11.5 Å². The summed E-state index contributed by atoms with van der Waals surface area (Å²) in [6.45, 7) is 1.61. The van der Waals surface area contributed by atoms with Crippen LogP contribution in [0.15, 0.2) is 12.5 Å². The zero-order valence-electron chi connectivity index (χ0n) is 13.9. The molecule has 3 heterocycles. The lowest BCUT2D eigenvalue weighted by atomic mass is 9.60. The van der Waals surface area contributed by atoms with Crippen LogP contribution >= 0.6 is 11.6 Å². The van der Waals surface area contributed by atoms with Crippen molar-refractivity contribution in [1.29, 1.82) is 0 Å². The van der Waals surface area contributed by atoms with Gasteiger partial charge in [0.1, 0.15) is 11.3 Å². The molecule has 25 heavy (non-hydrogen) atoms. The zero-order valence-corrected chi connectivity index (χ0v) is 15.5. The van der Waals surface area contributed by atoms with Crippen molar-refractivity contribution in [3.8, 4) is 5.75 Å². The number of hydrogen-bond donors (Lipinski definition) is 1. The van der Waals surface area contributed by atoms with Gasteiger partial charge in [-0.2, -0.15) is 17.8 Å². The fourth-order valence-corrected chi connectivity index (χ4v) is 4.77. The quantitative estimate of drug-likeness (QED) is 0.819. The Labute approximate surface area is 150 Å². The number of ether oxygens (including phenoxy) is 1. The van der Waals surface area contributed by atoms with Crippen molar-refractivity contribution in [2.24, 2.45) is 10.6 Å². The van der Waals surface area contributed by atoms with E-state index in [9.17, 15) is 8.42 Å². The standard InChI is InChI=1S/C14H19ClN6O3S/c1-19(25(16,22)23)9-3-14(4-9)6-20(7-14)13-11-12(24-2)10(15)5-21(11)18-8-17-13/h5,8-9H,3-4,6-7H2,1-2H3,(H2,16,22,23). The highest BCUT2D eigenvalue weighted by molar-refractivity contribution is 7.86. The van der Waals surface area contributed by atoms with E-state index >= 15 is 0 Å². The van der Waals surface area contributed by atoms with Gasteiger partial charge in [-0.25, -0.2) is 14.6 Å². The third-order valence-electron chi connectivity index (χ3n) is 5.27. The molecule has 0 amide bonds. The van der Waals surface area contributed by atoms with Crippen molar-refractivity contribution < 1.29 is 13.2 Å². The van der Waals surface area contributed by atoms with E-state index in [2.05, 4.69) is 15.0 Å². The molecule has 136 valence electrons. The lowest BCUT2D eigenvalue weighted by Gasteiger charge is -2.60. The molecular formula is C14H19ClN6O3S. The fraction of sp³-hybridized carbons (Fsp3) is 0.571. The molecule has 0 radical (unpaired) electrons. The molecule has 1 aliphatic carbocycles. The third kappa shape index (κ3) is 2.55. The molecule has 0 aromatic carbocycles. The second-order valence-corrected chi connectivity index (χ2v) is 8.88. The van der Waals surface area contributed by atoms with E-state index in [0.29, 0.717) is 10.8 Å². The first-order valence-corrected chi connectivity index (χ1v) is 9.69. The molecule has 9 nitrogen and oxygen atoms in total. The molecule has 1 saturated carbocycles. The predicted molar refractivity (Wildman–Crippen MR) is 93.1 cm³/mol. The molecule has 2 N–H and O–H groups in total. The highest BCUT2D eigenvalue weighted by atomic mass is 35.5. The summed E-state index contributed by atoms with van der Waals surface area (Å²) >= 11 is 6.19. The molecular weight excluding hydrogens is 368 g/mol. The average Bonchev–Trinajstić information content (AvgIpc) is 2.78. The maximum absolute atomic E-state index is 11.4. The Balaban J connectivity index is 1.52. The smallest absolute Gasteiger partial charge is 0.276 e. The number of hydrogen-bond acceptors (Lipinski definition) is 6. The number of nitrogens with two attached hydrogens (primary N) is 1. The van der Waals surface area contributed by atoms with Crippen LogP contribution in [0, 0.1) is 5.41 Å². The first-order valence-electron chi connectivity index (χ1n) is 7.81. The van der Waals surface area contributed by atoms with Gasteiger partial charge in [0.25, 0.3) is 10.2 Å². The van der Waals surface area contributed by atoms with Crippen LogP contribution in [0.3, 0.4) is 0 Å². The number of halogens is 1. The molecule has 11 heteroatoms. The molecule has 2 aromatic rings. The van der Waals surface area contributed by atoms with Gasteiger partial charge in [0, 0.05) is 31.6 Å². The van der Waals surface area contributed by atoms with Gasteiger partial charge in [0.05, 0.1) is 13.3 Å². The van der Waals surface area contributed by atoms with Crippen LogP contribution in [0.2, 0.25) is 5.02 Å². The van der Waals surface area contributed by atoms with Crippen LogP contribution in [0.1, 0.15) is 12.8 Å². The summed E-state index contributed by atoms with van der Waals surface area (Å²) in [5, 5.41) is 9.85. The van der Waals surface area contributed by atoms with Gasteiger partial charge in [-0.15, -0.1) is 0 Å². The normalized spacial score (nSPS) is 20.1. The zero-order chi connectivity index (χ0) is 18.0. The molecule has 1 aliphatic heterocycles. The van der Waals surface area contributed by atoms with Crippen LogP contribution in [-0.2, 0) is 10.2 Å².